The number of aliphatic hydroxyl groups is 4. The molecule has 7 heteroatoms. The minimum atomic E-state index is -2.06. The van der Waals surface area contributed by atoms with Crippen LogP contribution in [0.1, 0.15) is 0 Å². The molecule has 0 bridgehead atoms. The molecule has 2 rings (SSSR count). The lowest BCUT2D eigenvalue weighted by atomic mass is 10.1. The first kappa shape index (κ1) is 13.2. The number of rotatable bonds is 3. The number of aliphatic hydroxyl groups excluding tert-OH is 3. The number of hydrogen-bond donors (Lipinski definition) is 4. The summed E-state index contributed by atoms with van der Waals surface area (Å²) in [6.45, 7) is 2.33. The maximum Gasteiger partial charge on any atom is 0.219 e. The van der Waals surface area contributed by atoms with Crippen molar-refractivity contribution < 1.29 is 29.9 Å². The van der Waals surface area contributed by atoms with E-state index < -0.39 is 30.7 Å². The predicted molar refractivity (Wildman–Crippen MR) is 56.2 cm³/mol. The van der Waals surface area contributed by atoms with Crippen LogP contribution in [0, 0.1) is 0 Å². The van der Waals surface area contributed by atoms with Gasteiger partial charge in [0.05, 0.1) is 19.8 Å². The first-order valence-corrected chi connectivity index (χ1v) is 5.74. The van der Waals surface area contributed by atoms with E-state index in [2.05, 4.69) is 0 Å². The highest BCUT2D eigenvalue weighted by Gasteiger charge is 2.53. The van der Waals surface area contributed by atoms with Crippen molar-refractivity contribution in [1.29, 1.82) is 0 Å². The van der Waals surface area contributed by atoms with Crippen molar-refractivity contribution in [2.75, 3.05) is 39.5 Å². The third-order valence-electron chi connectivity index (χ3n) is 3.29. The minimum absolute atomic E-state index is 0.393. The monoisotopic (exact) mass is 249 g/mol. The van der Waals surface area contributed by atoms with Gasteiger partial charge in [-0.15, -0.1) is 0 Å². The molecule has 7 nitrogen and oxygen atoms in total. The van der Waals surface area contributed by atoms with Gasteiger partial charge in [0, 0.05) is 19.6 Å². The van der Waals surface area contributed by atoms with E-state index in [0.717, 1.165) is 13.1 Å². The largest absolute Gasteiger partial charge is 0.391 e. The van der Waals surface area contributed by atoms with E-state index in [4.69, 9.17) is 14.6 Å². The molecule has 2 aliphatic heterocycles. The summed E-state index contributed by atoms with van der Waals surface area (Å²) in [5.74, 6) is -2.06. The van der Waals surface area contributed by atoms with E-state index in [1.165, 1.54) is 0 Å². The molecule has 0 spiro atoms. The molecule has 2 aliphatic rings. The van der Waals surface area contributed by atoms with E-state index in [1.807, 2.05) is 4.90 Å². The molecule has 0 amide bonds. The standard InChI is InChI=1S/C10H19NO6/c12-6-10(15)9(14)8(13)7(17-10)5-11-1-3-16-4-2-11/h7-9,12-15H,1-6H2/t7-,8+,9-,10+/m0/s1. The van der Waals surface area contributed by atoms with Crippen molar-refractivity contribution in [2.24, 2.45) is 0 Å². The van der Waals surface area contributed by atoms with Crippen LogP contribution in [0.2, 0.25) is 0 Å². The molecule has 2 heterocycles. The van der Waals surface area contributed by atoms with Gasteiger partial charge in [0.15, 0.2) is 0 Å². The lowest BCUT2D eigenvalue weighted by molar-refractivity contribution is -0.247. The fourth-order valence-electron chi connectivity index (χ4n) is 2.19. The highest BCUT2D eigenvalue weighted by molar-refractivity contribution is 4.96. The van der Waals surface area contributed by atoms with E-state index >= 15 is 0 Å². The van der Waals surface area contributed by atoms with Gasteiger partial charge >= 0.3 is 0 Å². The van der Waals surface area contributed by atoms with Gasteiger partial charge in [0.1, 0.15) is 18.3 Å². The first-order valence-electron chi connectivity index (χ1n) is 5.74. The number of ether oxygens (including phenoxy) is 2. The van der Waals surface area contributed by atoms with Gasteiger partial charge < -0.3 is 29.9 Å². The number of morpholine rings is 1. The topological polar surface area (TPSA) is 103 Å². The third kappa shape index (κ3) is 2.60. The molecule has 0 aromatic carbocycles. The molecule has 4 atom stereocenters. The van der Waals surface area contributed by atoms with E-state index in [1.54, 1.807) is 0 Å². The van der Waals surface area contributed by atoms with Gasteiger partial charge in [-0.05, 0) is 0 Å². The maximum atomic E-state index is 9.75. The molecule has 2 saturated heterocycles. The van der Waals surface area contributed by atoms with Gasteiger partial charge in [-0.1, -0.05) is 0 Å². The Morgan fingerprint density at radius 1 is 1.24 bits per heavy atom. The quantitative estimate of drug-likeness (QED) is 0.426. The Labute approximate surface area is 99.2 Å². The maximum absolute atomic E-state index is 9.75. The number of hydrogen-bond acceptors (Lipinski definition) is 7. The summed E-state index contributed by atoms with van der Waals surface area (Å²) in [6, 6.07) is 0. The fraction of sp³-hybridized carbons (Fsp3) is 1.00. The summed E-state index contributed by atoms with van der Waals surface area (Å²) in [7, 11) is 0. The Balaban J connectivity index is 1.93. The lowest BCUT2D eigenvalue weighted by Crippen LogP contribution is -2.46. The second-order valence-corrected chi connectivity index (χ2v) is 4.51. The van der Waals surface area contributed by atoms with Crippen molar-refractivity contribution in [2.45, 2.75) is 24.1 Å². The third-order valence-corrected chi connectivity index (χ3v) is 3.29. The van der Waals surface area contributed by atoms with E-state index in [-0.39, 0.29) is 0 Å². The SMILES string of the molecule is OC[C@@]1(O)O[C@@H](CN2CCOCC2)[C@@H](O)[C@@H]1O. The van der Waals surface area contributed by atoms with Crippen molar-refractivity contribution in [3.8, 4) is 0 Å². The summed E-state index contributed by atoms with van der Waals surface area (Å²) in [5, 5.41) is 38.0. The molecule has 0 saturated carbocycles. The molecule has 4 N–H and O–H groups in total. The van der Waals surface area contributed by atoms with Crippen LogP contribution in [-0.4, -0.2) is 88.9 Å². The Hall–Kier alpha value is -0.280. The summed E-state index contributed by atoms with van der Waals surface area (Å²) in [6.07, 6.45) is -3.39. The van der Waals surface area contributed by atoms with Gasteiger partial charge in [0.25, 0.3) is 0 Å². The van der Waals surface area contributed by atoms with Crippen molar-refractivity contribution in [3.05, 3.63) is 0 Å². The molecule has 0 aromatic heterocycles. The van der Waals surface area contributed by atoms with Crippen LogP contribution < -0.4 is 0 Å². The molecule has 0 radical (unpaired) electrons. The molecular weight excluding hydrogens is 230 g/mol. The molecule has 0 unspecified atom stereocenters. The Bertz CT molecular complexity index is 259. The number of nitrogens with zero attached hydrogens (tertiary/aromatic N) is 1. The normalized spacial score (nSPS) is 44.1. The van der Waals surface area contributed by atoms with Crippen molar-refractivity contribution in [1.82, 2.24) is 4.90 Å². The predicted octanol–water partition coefficient (Wildman–Crippen LogP) is -2.88. The van der Waals surface area contributed by atoms with Crippen molar-refractivity contribution >= 4 is 0 Å². The van der Waals surface area contributed by atoms with Crippen LogP contribution in [0.5, 0.6) is 0 Å². The zero-order valence-corrected chi connectivity index (χ0v) is 9.53. The Morgan fingerprint density at radius 3 is 2.41 bits per heavy atom. The summed E-state index contributed by atoms with van der Waals surface area (Å²) < 4.78 is 10.3. The molecule has 2 fully saturated rings. The first-order chi connectivity index (χ1) is 8.07. The second kappa shape index (κ2) is 5.15. The molecule has 0 aromatic rings. The molecule has 0 aliphatic carbocycles. The Morgan fingerprint density at radius 2 is 1.88 bits per heavy atom. The molecule has 17 heavy (non-hydrogen) atoms. The van der Waals surface area contributed by atoms with Crippen LogP contribution in [0.3, 0.4) is 0 Å². The minimum Gasteiger partial charge on any atom is -0.391 e. The summed E-state index contributed by atoms with van der Waals surface area (Å²) >= 11 is 0. The van der Waals surface area contributed by atoms with E-state index in [0.29, 0.717) is 19.8 Å². The van der Waals surface area contributed by atoms with Gasteiger partial charge in [-0.2, -0.15) is 0 Å². The average Bonchev–Trinajstić information content (AvgIpc) is 2.56. The molecule has 100 valence electrons. The van der Waals surface area contributed by atoms with Gasteiger partial charge in [-0.3, -0.25) is 4.90 Å². The highest BCUT2D eigenvalue weighted by Crippen LogP contribution is 2.29. The summed E-state index contributed by atoms with van der Waals surface area (Å²) in [5.41, 5.74) is 0. The van der Waals surface area contributed by atoms with Crippen LogP contribution in [0.25, 0.3) is 0 Å². The van der Waals surface area contributed by atoms with E-state index in [9.17, 15) is 15.3 Å². The van der Waals surface area contributed by atoms with Crippen LogP contribution in [0.4, 0.5) is 0 Å². The second-order valence-electron chi connectivity index (χ2n) is 4.51. The summed E-state index contributed by atoms with van der Waals surface area (Å²) in [4.78, 5) is 2.02. The van der Waals surface area contributed by atoms with Crippen molar-refractivity contribution in [3.63, 3.8) is 0 Å². The molecular formula is C10H19NO6. The smallest absolute Gasteiger partial charge is 0.219 e. The highest BCUT2D eigenvalue weighted by atomic mass is 16.7. The zero-order chi connectivity index (χ0) is 12.5. The zero-order valence-electron chi connectivity index (χ0n) is 9.53. The van der Waals surface area contributed by atoms with Crippen LogP contribution in [-0.2, 0) is 9.47 Å². The fourth-order valence-corrected chi connectivity index (χ4v) is 2.19. The van der Waals surface area contributed by atoms with Crippen LogP contribution >= 0.6 is 0 Å². The van der Waals surface area contributed by atoms with Crippen LogP contribution in [0.15, 0.2) is 0 Å². The van der Waals surface area contributed by atoms with Gasteiger partial charge in [0.2, 0.25) is 5.79 Å². The Kier molecular flexibility index (Phi) is 3.99. The average molecular weight is 249 g/mol. The van der Waals surface area contributed by atoms with Gasteiger partial charge in [-0.25, -0.2) is 0 Å². The lowest BCUT2D eigenvalue weighted by Gasteiger charge is -2.29.